The monoisotopic (exact) mass is 511 g/mol. The van der Waals surface area contributed by atoms with E-state index in [1.54, 1.807) is 26.0 Å². The molecule has 0 saturated heterocycles. The molecule has 0 unspecified atom stereocenters. The molecule has 2 aliphatic rings. The first-order valence-corrected chi connectivity index (χ1v) is 13.2. The van der Waals surface area contributed by atoms with Crippen LogP contribution >= 0.6 is 11.3 Å². The minimum Gasteiger partial charge on any atom is -0.465 e. The zero-order valence-corrected chi connectivity index (χ0v) is 21.5. The highest BCUT2D eigenvalue weighted by molar-refractivity contribution is 7.10. The molecule has 0 amide bonds. The molecule has 4 rings (SSSR count). The quantitative estimate of drug-likeness (QED) is 0.379. The van der Waals surface area contributed by atoms with E-state index in [1.807, 2.05) is 24.4 Å². The van der Waals surface area contributed by atoms with Crippen molar-refractivity contribution >= 4 is 29.1 Å². The van der Waals surface area contributed by atoms with E-state index in [0.29, 0.717) is 35.4 Å². The first-order chi connectivity index (χ1) is 17.4. The van der Waals surface area contributed by atoms with Gasteiger partial charge in [-0.1, -0.05) is 31.5 Å². The lowest BCUT2D eigenvalue weighted by Gasteiger charge is -2.39. The Labute approximate surface area is 214 Å². The molecule has 0 bridgehead atoms. The summed E-state index contributed by atoms with van der Waals surface area (Å²) in [7, 11) is 0. The summed E-state index contributed by atoms with van der Waals surface area (Å²) in [4.78, 5) is 41.5. The smallest absolute Gasteiger partial charge is 0.336 e. The van der Waals surface area contributed by atoms with E-state index in [-0.39, 0.29) is 18.8 Å². The Bertz CT molecular complexity index is 1220. The van der Waals surface area contributed by atoms with Crippen molar-refractivity contribution in [2.75, 3.05) is 13.2 Å². The maximum Gasteiger partial charge on any atom is 0.336 e. The van der Waals surface area contributed by atoms with Crippen LogP contribution in [0, 0.1) is 11.7 Å². The number of hydrogen-bond donors (Lipinski definition) is 1. The summed E-state index contributed by atoms with van der Waals surface area (Å²) in [5.41, 5.74) is 2.37. The van der Waals surface area contributed by atoms with Gasteiger partial charge in [-0.25, -0.2) is 9.18 Å². The highest BCUT2D eigenvalue weighted by Crippen LogP contribution is 2.49. The number of ketones is 1. The van der Waals surface area contributed by atoms with Crippen molar-refractivity contribution in [1.29, 1.82) is 0 Å². The van der Waals surface area contributed by atoms with Crippen molar-refractivity contribution in [1.82, 2.24) is 5.32 Å². The fourth-order valence-electron chi connectivity index (χ4n) is 5.14. The number of allylic oxidation sites excluding steroid dienone is 3. The number of benzene rings is 1. The van der Waals surface area contributed by atoms with E-state index < -0.39 is 41.3 Å². The van der Waals surface area contributed by atoms with Gasteiger partial charge in [0.25, 0.3) is 0 Å². The lowest BCUT2D eigenvalue weighted by molar-refractivity contribution is -0.152. The van der Waals surface area contributed by atoms with Crippen LogP contribution in [-0.2, 0) is 23.9 Å². The van der Waals surface area contributed by atoms with E-state index in [0.717, 1.165) is 11.3 Å². The number of halogens is 1. The Kier molecular flexibility index (Phi) is 8.04. The number of nitrogens with one attached hydrogen (secondary N) is 1. The predicted molar refractivity (Wildman–Crippen MR) is 135 cm³/mol. The summed E-state index contributed by atoms with van der Waals surface area (Å²) in [6.07, 6.45) is 1.69. The van der Waals surface area contributed by atoms with Crippen LogP contribution in [0.25, 0.3) is 0 Å². The summed E-state index contributed by atoms with van der Waals surface area (Å²) >= 11 is 1.49. The normalized spacial score (nSPS) is 21.7. The highest BCUT2D eigenvalue weighted by atomic mass is 32.1. The third-order valence-corrected chi connectivity index (χ3v) is 7.53. The van der Waals surface area contributed by atoms with Crippen molar-refractivity contribution in [2.45, 2.75) is 51.9 Å². The van der Waals surface area contributed by atoms with Gasteiger partial charge in [0.1, 0.15) is 11.7 Å². The van der Waals surface area contributed by atoms with E-state index >= 15 is 0 Å². The van der Waals surface area contributed by atoms with Crippen LogP contribution in [0.15, 0.2) is 64.3 Å². The third-order valence-electron chi connectivity index (χ3n) is 6.53. The topological polar surface area (TPSA) is 81.7 Å². The van der Waals surface area contributed by atoms with E-state index in [9.17, 15) is 18.8 Å². The lowest BCUT2D eigenvalue weighted by atomic mass is 9.68. The molecule has 8 heteroatoms. The summed E-state index contributed by atoms with van der Waals surface area (Å²) < 4.78 is 25.1. The van der Waals surface area contributed by atoms with Gasteiger partial charge in [0, 0.05) is 33.7 Å². The lowest BCUT2D eigenvalue weighted by Crippen LogP contribution is -2.43. The van der Waals surface area contributed by atoms with Crippen LogP contribution in [0.3, 0.4) is 0 Å². The SMILES string of the molecule is CCCC1=C(C(=O)OCC)[C@H](c2cccc(F)c2)C2=C(C[C@@H](c3cccs3)[C@H](C(=O)OCC)C2=O)N1. The van der Waals surface area contributed by atoms with Gasteiger partial charge in [-0.3, -0.25) is 9.59 Å². The molecule has 3 atom stereocenters. The number of carbonyl (C=O) groups is 3. The van der Waals surface area contributed by atoms with Crippen molar-refractivity contribution < 1.29 is 28.2 Å². The maximum absolute atomic E-state index is 14.4. The van der Waals surface area contributed by atoms with Gasteiger partial charge < -0.3 is 14.8 Å². The van der Waals surface area contributed by atoms with E-state index in [2.05, 4.69) is 5.32 Å². The molecular formula is C28H30FNO5S. The molecule has 1 aliphatic heterocycles. The molecule has 0 saturated carbocycles. The molecule has 190 valence electrons. The van der Waals surface area contributed by atoms with Gasteiger partial charge in [0.05, 0.1) is 18.8 Å². The molecule has 0 radical (unpaired) electrons. The van der Waals surface area contributed by atoms with Crippen LogP contribution in [0.4, 0.5) is 4.39 Å². The van der Waals surface area contributed by atoms with Crippen LogP contribution in [-0.4, -0.2) is 30.9 Å². The zero-order chi connectivity index (χ0) is 25.8. The first-order valence-electron chi connectivity index (χ1n) is 12.3. The van der Waals surface area contributed by atoms with Gasteiger partial charge in [0.2, 0.25) is 0 Å². The van der Waals surface area contributed by atoms with Crippen molar-refractivity contribution in [3.05, 3.63) is 80.6 Å². The number of dihydropyridines is 1. The van der Waals surface area contributed by atoms with Crippen LogP contribution in [0.1, 0.15) is 62.3 Å². The molecule has 0 spiro atoms. The largest absolute Gasteiger partial charge is 0.465 e. The van der Waals surface area contributed by atoms with Crippen molar-refractivity contribution in [3.8, 4) is 0 Å². The molecule has 1 aromatic heterocycles. The predicted octanol–water partition coefficient (Wildman–Crippen LogP) is 5.38. The van der Waals surface area contributed by atoms with E-state index in [4.69, 9.17) is 9.47 Å². The summed E-state index contributed by atoms with van der Waals surface area (Å²) in [5, 5.41) is 5.28. The molecule has 6 nitrogen and oxygen atoms in total. The molecule has 2 heterocycles. The average Bonchev–Trinajstić information content (AvgIpc) is 3.38. The summed E-state index contributed by atoms with van der Waals surface area (Å²) in [5.74, 6) is -4.35. The Morgan fingerprint density at radius 3 is 2.53 bits per heavy atom. The Morgan fingerprint density at radius 1 is 1.11 bits per heavy atom. The third kappa shape index (κ3) is 4.87. The van der Waals surface area contributed by atoms with Gasteiger partial charge in [-0.15, -0.1) is 11.3 Å². The molecule has 0 fully saturated rings. The van der Waals surface area contributed by atoms with Gasteiger partial charge in [-0.05, 0) is 55.8 Å². The van der Waals surface area contributed by atoms with Crippen molar-refractivity contribution in [2.24, 2.45) is 5.92 Å². The average molecular weight is 512 g/mol. The molecule has 1 N–H and O–H groups in total. The Balaban J connectivity index is 1.93. The molecule has 36 heavy (non-hydrogen) atoms. The molecule has 2 aromatic rings. The number of Topliss-reactive ketones (excluding diaryl/α,β-unsaturated/α-hetero) is 1. The fraction of sp³-hybridized carbons (Fsp3) is 0.393. The number of carbonyl (C=O) groups excluding carboxylic acids is 3. The van der Waals surface area contributed by atoms with Gasteiger partial charge in [-0.2, -0.15) is 0 Å². The van der Waals surface area contributed by atoms with Crippen LogP contribution in [0.2, 0.25) is 0 Å². The minimum atomic E-state index is -1.06. The molecule has 1 aromatic carbocycles. The second kappa shape index (κ2) is 11.2. The first kappa shape index (κ1) is 25.8. The maximum atomic E-state index is 14.4. The fourth-order valence-corrected chi connectivity index (χ4v) is 6.00. The standard InChI is InChI=1S/C28H30FNO5S/c1-4-9-19-25(28(33)35-6-3)22(16-10-7-11-17(29)14-16)24-20(30-19)15-18(21-12-8-13-36-21)23(26(24)31)27(32)34-5-2/h7-8,10-14,18,22-23,30H,4-6,9,15H2,1-3H3/t18-,22+,23-/m0/s1. The Hall–Kier alpha value is -3.26. The number of esters is 2. The number of ether oxygens (including phenoxy) is 2. The van der Waals surface area contributed by atoms with Crippen LogP contribution < -0.4 is 5.32 Å². The van der Waals surface area contributed by atoms with Crippen LogP contribution in [0.5, 0.6) is 0 Å². The Morgan fingerprint density at radius 2 is 1.89 bits per heavy atom. The number of rotatable bonds is 8. The summed E-state index contributed by atoms with van der Waals surface area (Å²) in [6.45, 7) is 5.71. The van der Waals surface area contributed by atoms with Gasteiger partial charge in [0.15, 0.2) is 5.78 Å². The number of thiophene rings is 1. The van der Waals surface area contributed by atoms with Crippen molar-refractivity contribution in [3.63, 3.8) is 0 Å². The summed E-state index contributed by atoms with van der Waals surface area (Å²) in [6, 6.07) is 9.71. The molecular weight excluding hydrogens is 481 g/mol. The number of hydrogen-bond acceptors (Lipinski definition) is 7. The highest BCUT2D eigenvalue weighted by Gasteiger charge is 2.49. The molecule has 1 aliphatic carbocycles. The minimum absolute atomic E-state index is 0.145. The van der Waals surface area contributed by atoms with Gasteiger partial charge >= 0.3 is 11.9 Å². The zero-order valence-electron chi connectivity index (χ0n) is 20.6. The second-order valence-corrected chi connectivity index (χ2v) is 9.77. The van der Waals surface area contributed by atoms with E-state index in [1.165, 1.54) is 23.5 Å². The second-order valence-electron chi connectivity index (χ2n) is 8.79.